The summed E-state index contributed by atoms with van der Waals surface area (Å²) in [6.07, 6.45) is 2.41. The van der Waals surface area contributed by atoms with Gasteiger partial charge in [0, 0.05) is 24.1 Å². The van der Waals surface area contributed by atoms with Crippen molar-refractivity contribution in [3.8, 4) is 5.75 Å². The van der Waals surface area contributed by atoms with Gasteiger partial charge in [-0.25, -0.2) is 0 Å². The summed E-state index contributed by atoms with van der Waals surface area (Å²) in [6, 6.07) is 18.3. The summed E-state index contributed by atoms with van der Waals surface area (Å²) in [5.74, 6) is 0.943. The molecule has 1 amide bonds. The average molecular weight is 325 g/mol. The maximum absolute atomic E-state index is 12.6. The summed E-state index contributed by atoms with van der Waals surface area (Å²) < 4.78 is 5.22. The molecule has 4 nitrogen and oxygen atoms in total. The Hall–Kier alpha value is -2.33. The van der Waals surface area contributed by atoms with E-state index in [-0.39, 0.29) is 11.9 Å². The molecule has 24 heavy (non-hydrogen) atoms. The Balaban J connectivity index is 1.66. The molecule has 2 aromatic rings. The summed E-state index contributed by atoms with van der Waals surface area (Å²) in [5, 5.41) is 3.03. The monoisotopic (exact) mass is 325 g/mol. The maximum Gasteiger partial charge on any atom is 0.282 e. The van der Waals surface area contributed by atoms with Crippen LogP contribution in [0.5, 0.6) is 5.75 Å². The molecule has 1 unspecified atom stereocenters. The molecular weight excluding hydrogens is 300 g/mol. The number of carbonyl (C=O) groups is 1. The molecular formula is C20H25N2O2+. The summed E-state index contributed by atoms with van der Waals surface area (Å²) in [4.78, 5) is 14.0. The number of hydrogen-bond donors (Lipinski definition) is 2. The zero-order valence-corrected chi connectivity index (χ0v) is 14.3. The molecule has 0 saturated heterocycles. The third-order valence-electron chi connectivity index (χ3n) is 4.66. The first-order chi connectivity index (χ1) is 11.7. The second-order valence-corrected chi connectivity index (χ2v) is 6.45. The normalized spacial score (nSPS) is 16.2. The van der Waals surface area contributed by atoms with Gasteiger partial charge in [0.25, 0.3) is 5.91 Å². The van der Waals surface area contributed by atoms with Gasteiger partial charge in [0.2, 0.25) is 0 Å². The van der Waals surface area contributed by atoms with Crippen LogP contribution in [0.25, 0.3) is 0 Å². The Morgan fingerprint density at radius 3 is 2.42 bits per heavy atom. The zero-order chi connectivity index (χ0) is 16.9. The van der Waals surface area contributed by atoms with E-state index in [0.717, 1.165) is 18.0 Å². The van der Waals surface area contributed by atoms with Gasteiger partial charge < -0.3 is 15.0 Å². The Kier molecular flexibility index (Phi) is 5.16. The lowest BCUT2D eigenvalue weighted by molar-refractivity contribution is -0.938. The maximum atomic E-state index is 12.6. The standard InChI is InChI=1S/C20H24N2O2/c1-15(20(23)21-17-6-4-3-5-7-17)22(18-10-11-18)14-16-8-12-19(24-2)13-9-16/h3-9,12-13,15,18H,10-11,14H2,1-2H3,(H,21,23)/p+1/t15-/m1/s1. The van der Waals surface area contributed by atoms with Crippen LogP contribution in [0, 0.1) is 0 Å². The number of anilines is 1. The van der Waals surface area contributed by atoms with Gasteiger partial charge in [0.15, 0.2) is 6.04 Å². The Morgan fingerprint density at radius 2 is 1.83 bits per heavy atom. The average Bonchev–Trinajstić information content (AvgIpc) is 3.45. The first-order valence-electron chi connectivity index (χ1n) is 8.52. The fourth-order valence-electron chi connectivity index (χ4n) is 3.02. The Bertz CT molecular complexity index is 666. The topological polar surface area (TPSA) is 42.8 Å². The van der Waals surface area contributed by atoms with E-state index in [2.05, 4.69) is 17.4 Å². The second kappa shape index (κ2) is 7.49. The molecule has 2 N–H and O–H groups in total. The van der Waals surface area contributed by atoms with E-state index in [4.69, 9.17) is 4.74 Å². The summed E-state index contributed by atoms with van der Waals surface area (Å²) >= 11 is 0. The first-order valence-corrected chi connectivity index (χ1v) is 8.52. The number of carbonyl (C=O) groups excluding carboxylic acids is 1. The first kappa shape index (κ1) is 16.5. The van der Waals surface area contributed by atoms with E-state index in [1.807, 2.05) is 49.4 Å². The summed E-state index contributed by atoms with van der Waals surface area (Å²) in [7, 11) is 1.67. The Labute approximate surface area is 143 Å². The van der Waals surface area contributed by atoms with Crippen molar-refractivity contribution in [3.05, 3.63) is 60.2 Å². The summed E-state index contributed by atoms with van der Waals surface area (Å²) in [5.41, 5.74) is 2.09. The van der Waals surface area contributed by atoms with Gasteiger partial charge in [0.1, 0.15) is 12.3 Å². The second-order valence-electron chi connectivity index (χ2n) is 6.45. The van der Waals surface area contributed by atoms with Crippen molar-refractivity contribution in [1.29, 1.82) is 0 Å². The van der Waals surface area contributed by atoms with Gasteiger partial charge in [-0.05, 0) is 43.3 Å². The van der Waals surface area contributed by atoms with Crippen LogP contribution in [0.4, 0.5) is 5.69 Å². The van der Waals surface area contributed by atoms with Gasteiger partial charge in [-0.1, -0.05) is 18.2 Å². The molecule has 1 aliphatic carbocycles. The van der Waals surface area contributed by atoms with E-state index in [9.17, 15) is 4.79 Å². The molecule has 2 atom stereocenters. The fourth-order valence-corrected chi connectivity index (χ4v) is 3.02. The molecule has 1 aliphatic rings. The number of benzene rings is 2. The van der Waals surface area contributed by atoms with E-state index in [0.29, 0.717) is 6.04 Å². The van der Waals surface area contributed by atoms with Crippen LogP contribution in [0.15, 0.2) is 54.6 Å². The molecule has 3 rings (SSSR count). The van der Waals surface area contributed by atoms with Crippen molar-refractivity contribution in [1.82, 2.24) is 0 Å². The SMILES string of the molecule is COc1ccc(C[NH+](C2CC2)[C@H](C)C(=O)Nc2ccccc2)cc1. The van der Waals surface area contributed by atoms with Crippen molar-refractivity contribution >= 4 is 11.6 Å². The molecule has 0 aromatic heterocycles. The predicted octanol–water partition coefficient (Wildman–Crippen LogP) is 2.27. The molecule has 1 saturated carbocycles. The van der Waals surface area contributed by atoms with Crippen LogP contribution >= 0.6 is 0 Å². The number of amides is 1. The minimum atomic E-state index is -0.0835. The van der Waals surface area contributed by atoms with Gasteiger partial charge in [-0.3, -0.25) is 4.79 Å². The molecule has 126 valence electrons. The lowest BCUT2D eigenvalue weighted by Crippen LogP contribution is -3.16. The lowest BCUT2D eigenvalue weighted by atomic mass is 10.1. The van der Waals surface area contributed by atoms with Crippen LogP contribution < -0.4 is 15.0 Å². The number of ether oxygens (including phenoxy) is 1. The number of para-hydroxylation sites is 1. The fraction of sp³-hybridized carbons (Fsp3) is 0.350. The molecule has 0 spiro atoms. The third kappa shape index (κ3) is 4.15. The molecule has 0 heterocycles. The van der Waals surface area contributed by atoms with Crippen molar-refractivity contribution in [2.24, 2.45) is 0 Å². The number of methoxy groups -OCH3 is 1. The molecule has 0 radical (unpaired) electrons. The van der Waals surface area contributed by atoms with Crippen molar-refractivity contribution < 1.29 is 14.4 Å². The molecule has 2 aromatic carbocycles. The lowest BCUT2D eigenvalue weighted by Gasteiger charge is -2.25. The van der Waals surface area contributed by atoms with Crippen LogP contribution in [-0.4, -0.2) is 25.1 Å². The Morgan fingerprint density at radius 1 is 1.17 bits per heavy atom. The highest BCUT2D eigenvalue weighted by atomic mass is 16.5. The highest BCUT2D eigenvalue weighted by Crippen LogP contribution is 2.18. The highest BCUT2D eigenvalue weighted by molar-refractivity contribution is 5.93. The summed E-state index contributed by atoms with van der Waals surface area (Å²) in [6.45, 7) is 2.88. The number of rotatable bonds is 7. The van der Waals surface area contributed by atoms with Crippen LogP contribution in [0.1, 0.15) is 25.3 Å². The molecule has 0 bridgehead atoms. The van der Waals surface area contributed by atoms with Crippen molar-refractivity contribution in [2.45, 2.75) is 38.4 Å². The minimum Gasteiger partial charge on any atom is -0.497 e. The van der Waals surface area contributed by atoms with E-state index < -0.39 is 0 Å². The van der Waals surface area contributed by atoms with Crippen LogP contribution in [0.2, 0.25) is 0 Å². The highest BCUT2D eigenvalue weighted by Gasteiger charge is 2.39. The molecule has 4 heteroatoms. The van der Waals surface area contributed by atoms with E-state index in [1.54, 1.807) is 7.11 Å². The van der Waals surface area contributed by atoms with Crippen molar-refractivity contribution in [3.63, 3.8) is 0 Å². The number of quaternary nitrogens is 1. The van der Waals surface area contributed by atoms with Crippen LogP contribution in [0.3, 0.4) is 0 Å². The quantitative estimate of drug-likeness (QED) is 0.820. The van der Waals surface area contributed by atoms with Crippen molar-refractivity contribution in [2.75, 3.05) is 12.4 Å². The minimum absolute atomic E-state index is 0.0802. The van der Waals surface area contributed by atoms with E-state index >= 15 is 0 Å². The van der Waals surface area contributed by atoms with E-state index in [1.165, 1.54) is 23.3 Å². The smallest absolute Gasteiger partial charge is 0.282 e. The third-order valence-corrected chi connectivity index (χ3v) is 4.66. The van der Waals surface area contributed by atoms with Gasteiger partial charge in [-0.2, -0.15) is 0 Å². The zero-order valence-electron chi connectivity index (χ0n) is 14.3. The number of hydrogen-bond acceptors (Lipinski definition) is 2. The van der Waals surface area contributed by atoms with Gasteiger partial charge in [-0.15, -0.1) is 0 Å². The molecule has 0 aliphatic heterocycles. The number of nitrogens with one attached hydrogen (secondary N) is 2. The van der Waals surface area contributed by atoms with Gasteiger partial charge in [0.05, 0.1) is 13.2 Å². The molecule has 1 fully saturated rings. The predicted molar refractivity (Wildman–Crippen MR) is 95.2 cm³/mol. The van der Waals surface area contributed by atoms with Gasteiger partial charge >= 0.3 is 0 Å². The largest absolute Gasteiger partial charge is 0.497 e. The van der Waals surface area contributed by atoms with Crippen LogP contribution in [-0.2, 0) is 11.3 Å².